The number of nitrogens with one attached hydrogen (secondary N) is 2. The molecule has 0 aliphatic heterocycles. The maximum Gasteiger partial charge on any atom is 0.240 e. The maximum atomic E-state index is 12.0. The molecular formula is C11H15N3O3S. The van der Waals surface area contributed by atoms with Crippen molar-refractivity contribution in [1.82, 2.24) is 14.7 Å². The standard InChI is InChI=1S/C11H15N3O3S/c1-8-13-10-4-3-9(7-11(10)14-8)18(15,16)12-5-6-17-2/h3-4,7,12H,5-6H2,1-2H3,(H,13,14). The summed E-state index contributed by atoms with van der Waals surface area (Å²) < 4.78 is 31.2. The van der Waals surface area contributed by atoms with Crippen LogP contribution >= 0.6 is 0 Å². The summed E-state index contributed by atoms with van der Waals surface area (Å²) in [6, 6.07) is 4.80. The van der Waals surface area contributed by atoms with Gasteiger partial charge >= 0.3 is 0 Å². The first kappa shape index (κ1) is 13.0. The largest absolute Gasteiger partial charge is 0.383 e. The van der Waals surface area contributed by atoms with Crippen LogP contribution in [0.4, 0.5) is 0 Å². The van der Waals surface area contributed by atoms with Crippen LogP contribution in [0, 0.1) is 6.92 Å². The van der Waals surface area contributed by atoms with Crippen LogP contribution in [0.5, 0.6) is 0 Å². The zero-order valence-corrected chi connectivity index (χ0v) is 11.0. The summed E-state index contributed by atoms with van der Waals surface area (Å²) in [5.74, 6) is 0.756. The Bertz CT molecular complexity index is 649. The lowest BCUT2D eigenvalue weighted by Crippen LogP contribution is -2.27. The van der Waals surface area contributed by atoms with Gasteiger partial charge in [0.05, 0.1) is 22.5 Å². The fourth-order valence-corrected chi connectivity index (χ4v) is 2.68. The van der Waals surface area contributed by atoms with Crippen molar-refractivity contribution < 1.29 is 13.2 Å². The van der Waals surface area contributed by atoms with E-state index in [0.717, 1.165) is 11.3 Å². The normalized spacial score (nSPS) is 12.1. The molecule has 1 aromatic carbocycles. The number of H-pyrrole nitrogens is 1. The van der Waals surface area contributed by atoms with Crippen LogP contribution in [0.25, 0.3) is 11.0 Å². The lowest BCUT2D eigenvalue weighted by atomic mass is 10.3. The van der Waals surface area contributed by atoms with Gasteiger partial charge in [0, 0.05) is 13.7 Å². The molecule has 0 aliphatic rings. The number of imidazole rings is 1. The summed E-state index contributed by atoms with van der Waals surface area (Å²) in [5.41, 5.74) is 1.46. The Morgan fingerprint density at radius 2 is 2.22 bits per heavy atom. The number of ether oxygens (including phenoxy) is 1. The highest BCUT2D eigenvalue weighted by atomic mass is 32.2. The molecule has 2 rings (SSSR count). The van der Waals surface area contributed by atoms with Gasteiger partial charge in [0.15, 0.2) is 0 Å². The predicted molar refractivity (Wildman–Crippen MR) is 67.9 cm³/mol. The molecule has 0 bridgehead atoms. The van der Waals surface area contributed by atoms with E-state index in [9.17, 15) is 8.42 Å². The van der Waals surface area contributed by atoms with Gasteiger partial charge in [0.25, 0.3) is 0 Å². The number of rotatable bonds is 5. The zero-order chi connectivity index (χ0) is 13.2. The molecule has 0 radical (unpaired) electrons. The monoisotopic (exact) mass is 269 g/mol. The molecule has 2 N–H and O–H groups in total. The number of hydrogen-bond acceptors (Lipinski definition) is 4. The minimum absolute atomic E-state index is 0.217. The first-order valence-corrected chi connectivity index (χ1v) is 6.96. The van der Waals surface area contributed by atoms with Crippen LogP contribution in [-0.4, -0.2) is 38.6 Å². The number of aromatic nitrogens is 2. The van der Waals surface area contributed by atoms with Gasteiger partial charge in [-0.15, -0.1) is 0 Å². The van der Waals surface area contributed by atoms with Gasteiger partial charge in [-0.05, 0) is 25.1 Å². The minimum Gasteiger partial charge on any atom is -0.383 e. The van der Waals surface area contributed by atoms with E-state index < -0.39 is 10.0 Å². The molecule has 0 saturated carbocycles. The number of fused-ring (bicyclic) bond motifs is 1. The van der Waals surface area contributed by atoms with Crippen LogP contribution < -0.4 is 4.72 Å². The summed E-state index contributed by atoms with van der Waals surface area (Å²) in [4.78, 5) is 7.45. The average Bonchev–Trinajstić information content (AvgIpc) is 2.68. The number of hydrogen-bond donors (Lipinski definition) is 2. The smallest absolute Gasteiger partial charge is 0.240 e. The average molecular weight is 269 g/mol. The van der Waals surface area contributed by atoms with Crippen molar-refractivity contribution in [2.75, 3.05) is 20.3 Å². The van der Waals surface area contributed by atoms with E-state index in [4.69, 9.17) is 4.74 Å². The van der Waals surface area contributed by atoms with Crippen LogP contribution in [0.3, 0.4) is 0 Å². The SMILES string of the molecule is COCCNS(=O)(=O)c1ccc2nc(C)[nH]c2c1. The molecular weight excluding hydrogens is 254 g/mol. The Morgan fingerprint density at radius 3 is 2.94 bits per heavy atom. The van der Waals surface area contributed by atoms with Crippen molar-refractivity contribution in [3.63, 3.8) is 0 Å². The third kappa shape index (κ3) is 2.69. The Hall–Kier alpha value is -1.44. The summed E-state index contributed by atoms with van der Waals surface area (Å²) >= 11 is 0. The molecule has 98 valence electrons. The van der Waals surface area contributed by atoms with Gasteiger partial charge in [0.1, 0.15) is 5.82 Å². The van der Waals surface area contributed by atoms with Gasteiger partial charge in [-0.2, -0.15) is 0 Å². The molecule has 0 fully saturated rings. The third-order valence-electron chi connectivity index (χ3n) is 2.48. The molecule has 1 aromatic heterocycles. The summed E-state index contributed by atoms with van der Waals surface area (Å²) in [5, 5.41) is 0. The maximum absolute atomic E-state index is 12.0. The second-order valence-corrected chi connectivity index (χ2v) is 5.66. The molecule has 6 nitrogen and oxygen atoms in total. The van der Waals surface area contributed by atoms with E-state index in [2.05, 4.69) is 14.7 Å². The number of aromatic amines is 1. The van der Waals surface area contributed by atoms with E-state index in [1.807, 2.05) is 6.92 Å². The number of nitrogens with zero attached hydrogens (tertiary/aromatic N) is 1. The van der Waals surface area contributed by atoms with Gasteiger partial charge in [-0.25, -0.2) is 18.1 Å². The number of sulfonamides is 1. The topological polar surface area (TPSA) is 84.1 Å². The van der Waals surface area contributed by atoms with Crippen molar-refractivity contribution in [3.8, 4) is 0 Å². The van der Waals surface area contributed by atoms with E-state index in [1.165, 1.54) is 13.2 Å². The second kappa shape index (κ2) is 5.05. The quantitative estimate of drug-likeness (QED) is 0.786. The van der Waals surface area contributed by atoms with Crippen molar-refractivity contribution >= 4 is 21.1 Å². The van der Waals surface area contributed by atoms with Gasteiger partial charge in [0.2, 0.25) is 10.0 Å². The Kier molecular flexibility index (Phi) is 3.65. The Labute approximate surface area is 105 Å². The molecule has 0 spiro atoms. The minimum atomic E-state index is -3.49. The van der Waals surface area contributed by atoms with E-state index in [-0.39, 0.29) is 11.4 Å². The Balaban J connectivity index is 2.29. The summed E-state index contributed by atoms with van der Waals surface area (Å²) in [6.45, 7) is 2.41. The molecule has 0 aliphatic carbocycles. The number of benzene rings is 1. The summed E-state index contributed by atoms with van der Waals surface area (Å²) in [7, 11) is -1.97. The molecule has 18 heavy (non-hydrogen) atoms. The molecule has 0 atom stereocenters. The van der Waals surface area contributed by atoms with Gasteiger partial charge in [-0.1, -0.05) is 0 Å². The second-order valence-electron chi connectivity index (χ2n) is 3.89. The Morgan fingerprint density at radius 1 is 1.44 bits per heavy atom. The number of aryl methyl sites for hydroxylation is 1. The van der Waals surface area contributed by atoms with E-state index >= 15 is 0 Å². The summed E-state index contributed by atoms with van der Waals surface area (Å²) in [6.07, 6.45) is 0. The number of methoxy groups -OCH3 is 1. The lowest BCUT2D eigenvalue weighted by molar-refractivity contribution is 0.204. The molecule has 0 unspecified atom stereocenters. The van der Waals surface area contributed by atoms with Crippen LogP contribution in [0.15, 0.2) is 23.1 Å². The first-order valence-electron chi connectivity index (χ1n) is 5.48. The first-order chi connectivity index (χ1) is 8.53. The highest BCUT2D eigenvalue weighted by Crippen LogP contribution is 2.16. The fraction of sp³-hybridized carbons (Fsp3) is 0.364. The molecule has 0 amide bonds. The third-order valence-corrected chi connectivity index (χ3v) is 3.94. The van der Waals surface area contributed by atoms with E-state index in [0.29, 0.717) is 12.1 Å². The van der Waals surface area contributed by atoms with Crippen molar-refractivity contribution in [3.05, 3.63) is 24.0 Å². The highest BCUT2D eigenvalue weighted by molar-refractivity contribution is 7.89. The van der Waals surface area contributed by atoms with Gasteiger partial charge < -0.3 is 9.72 Å². The van der Waals surface area contributed by atoms with Crippen LogP contribution in [0.2, 0.25) is 0 Å². The van der Waals surface area contributed by atoms with Crippen LogP contribution in [-0.2, 0) is 14.8 Å². The molecule has 1 heterocycles. The predicted octanol–water partition coefficient (Wildman–Crippen LogP) is 0.796. The zero-order valence-electron chi connectivity index (χ0n) is 10.2. The van der Waals surface area contributed by atoms with Crippen LogP contribution in [0.1, 0.15) is 5.82 Å². The molecule has 7 heteroatoms. The van der Waals surface area contributed by atoms with Crippen molar-refractivity contribution in [2.45, 2.75) is 11.8 Å². The fourth-order valence-electron chi connectivity index (χ4n) is 1.64. The van der Waals surface area contributed by atoms with Gasteiger partial charge in [-0.3, -0.25) is 0 Å². The lowest BCUT2D eigenvalue weighted by Gasteiger charge is -2.05. The molecule has 0 saturated heterocycles. The highest BCUT2D eigenvalue weighted by Gasteiger charge is 2.14. The van der Waals surface area contributed by atoms with Crippen molar-refractivity contribution in [1.29, 1.82) is 0 Å². The molecule has 2 aromatic rings. The van der Waals surface area contributed by atoms with Crippen molar-refractivity contribution in [2.24, 2.45) is 0 Å². The van der Waals surface area contributed by atoms with E-state index in [1.54, 1.807) is 12.1 Å².